The smallest absolute Gasteiger partial charge is 0.297 e. The van der Waals surface area contributed by atoms with Gasteiger partial charge in [0, 0.05) is 13.1 Å². The molecule has 5 nitrogen and oxygen atoms in total. The maximum absolute atomic E-state index is 6.05. The summed E-state index contributed by atoms with van der Waals surface area (Å²) in [4.78, 5) is 8.77. The van der Waals surface area contributed by atoms with Crippen molar-refractivity contribution in [1.82, 2.24) is 14.5 Å². The van der Waals surface area contributed by atoms with Gasteiger partial charge in [0.05, 0.1) is 18.3 Å². The first-order valence-electron chi connectivity index (χ1n) is 7.40. The van der Waals surface area contributed by atoms with Crippen molar-refractivity contribution in [2.45, 2.75) is 45.1 Å². The second kappa shape index (κ2) is 5.69. The molecule has 1 fully saturated rings. The zero-order valence-corrected chi connectivity index (χ0v) is 12.1. The van der Waals surface area contributed by atoms with Gasteiger partial charge in [-0.3, -0.25) is 4.57 Å². The maximum atomic E-state index is 6.05. The second-order valence-corrected chi connectivity index (χ2v) is 5.28. The second-order valence-electron chi connectivity index (χ2n) is 5.28. The SMILES string of the molecule is CCOc1cc2c(cn1)nc(OC1CCCCC1)n2C. The Balaban J connectivity index is 1.85. The topological polar surface area (TPSA) is 49.2 Å². The van der Waals surface area contributed by atoms with Crippen LogP contribution in [0.4, 0.5) is 0 Å². The Labute approximate surface area is 118 Å². The molecule has 0 N–H and O–H groups in total. The number of nitrogens with zero attached hydrogens (tertiary/aromatic N) is 3. The first-order chi connectivity index (χ1) is 9.78. The molecule has 0 radical (unpaired) electrons. The zero-order valence-electron chi connectivity index (χ0n) is 12.1. The van der Waals surface area contributed by atoms with Gasteiger partial charge in [0.25, 0.3) is 6.01 Å². The van der Waals surface area contributed by atoms with Crippen LogP contribution >= 0.6 is 0 Å². The quantitative estimate of drug-likeness (QED) is 0.860. The van der Waals surface area contributed by atoms with Crippen LogP contribution in [-0.4, -0.2) is 27.2 Å². The first kappa shape index (κ1) is 13.2. The molecule has 0 spiro atoms. The molecule has 1 aliphatic rings. The van der Waals surface area contributed by atoms with E-state index in [1.165, 1.54) is 19.3 Å². The lowest BCUT2D eigenvalue weighted by Gasteiger charge is -2.22. The molecule has 0 aliphatic heterocycles. The van der Waals surface area contributed by atoms with Crippen molar-refractivity contribution in [2.24, 2.45) is 7.05 Å². The molecule has 0 saturated heterocycles. The van der Waals surface area contributed by atoms with Crippen molar-refractivity contribution >= 4 is 11.0 Å². The highest BCUT2D eigenvalue weighted by molar-refractivity contribution is 5.76. The number of fused-ring (bicyclic) bond motifs is 1. The summed E-state index contributed by atoms with van der Waals surface area (Å²) < 4.78 is 13.5. The van der Waals surface area contributed by atoms with Gasteiger partial charge in [-0.1, -0.05) is 6.42 Å². The van der Waals surface area contributed by atoms with Gasteiger partial charge in [-0.25, -0.2) is 4.98 Å². The number of hydrogen-bond donors (Lipinski definition) is 0. The molecule has 1 aliphatic carbocycles. The Bertz CT molecular complexity index is 588. The van der Waals surface area contributed by atoms with Gasteiger partial charge in [-0.05, 0) is 32.6 Å². The summed E-state index contributed by atoms with van der Waals surface area (Å²) in [6, 6.07) is 2.60. The van der Waals surface area contributed by atoms with Gasteiger partial charge in [-0.2, -0.15) is 4.98 Å². The van der Waals surface area contributed by atoms with Crippen molar-refractivity contribution < 1.29 is 9.47 Å². The summed E-state index contributed by atoms with van der Waals surface area (Å²) in [5.41, 5.74) is 1.84. The number of aromatic nitrogens is 3. The van der Waals surface area contributed by atoms with E-state index in [4.69, 9.17) is 9.47 Å². The molecule has 0 aromatic carbocycles. The first-order valence-corrected chi connectivity index (χ1v) is 7.40. The predicted molar refractivity (Wildman–Crippen MR) is 77.2 cm³/mol. The van der Waals surface area contributed by atoms with Crippen LogP contribution in [-0.2, 0) is 7.05 Å². The third-order valence-electron chi connectivity index (χ3n) is 3.82. The summed E-state index contributed by atoms with van der Waals surface area (Å²) in [6.45, 7) is 2.56. The summed E-state index contributed by atoms with van der Waals surface area (Å²) >= 11 is 0. The Morgan fingerprint density at radius 1 is 1.30 bits per heavy atom. The van der Waals surface area contributed by atoms with E-state index in [-0.39, 0.29) is 0 Å². The van der Waals surface area contributed by atoms with Crippen LogP contribution in [0.25, 0.3) is 11.0 Å². The van der Waals surface area contributed by atoms with Crippen LogP contribution in [0.15, 0.2) is 12.3 Å². The van der Waals surface area contributed by atoms with E-state index in [9.17, 15) is 0 Å². The molecule has 108 valence electrons. The van der Waals surface area contributed by atoms with Crippen molar-refractivity contribution in [3.63, 3.8) is 0 Å². The zero-order chi connectivity index (χ0) is 13.9. The maximum Gasteiger partial charge on any atom is 0.297 e. The van der Waals surface area contributed by atoms with E-state index in [0.717, 1.165) is 23.9 Å². The number of pyridine rings is 1. The minimum Gasteiger partial charge on any atom is -0.478 e. The number of hydrogen-bond acceptors (Lipinski definition) is 4. The van der Waals surface area contributed by atoms with Crippen molar-refractivity contribution in [2.75, 3.05) is 6.61 Å². The minimum atomic E-state index is 0.304. The fraction of sp³-hybridized carbons (Fsp3) is 0.600. The molecular formula is C15H21N3O2. The molecule has 0 unspecified atom stereocenters. The van der Waals surface area contributed by atoms with Crippen LogP contribution in [0.2, 0.25) is 0 Å². The van der Waals surface area contributed by atoms with Crippen molar-refractivity contribution in [3.05, 3.63) is 12.3 Å². The molecule has 0 amide bonds. The van der Waals surface area contributed by atoms with Crippen LogP contribution < -0.4 is 9.47 Å². The average Bonchev–Trinajstić information content (AvgIpc) is 2.77. The Morgan fingerprint density at radius 3 is 2.85 bits per heavy atom. The molecule has 3 rings (SSSR count). The number of rotatable bonds is 4. The fourth-order valence-corrected chi connectivity index (χ4v) is 2.72. The monoisotopic (exact) mass is 275 g/mol. The lowest BCUT2D eigenvalue weighted by atomic mass is 9.98. The molecular weight excluding hydrogens is 254 g/mol. The van der Waals surface area contributed by atoms with E-state index in [1.54, 1.807) is 6.20 Å². The number of ether oxygens (including phenoxy) is 2. The number of aryl methyl sites for hydroxylation is 1. The van der Waals surface area contributed by atoms with E-state index in [2.05, 4.69) is 9.97 Å². The summed E-state index contributed by atoms with van der Waals surface area (Å²) in [7, 11) is 1.98. The van der Waals surface area contributed by atoms with Crippen molar-refractivity contribution in [1.29, 1.82) is 0 Å². The van der Waals surface area contributed by atoms with Crippen molar-refractivity contribution in [3.8, 4) is 11.9 Å². The fourth-order valence-electron chi connectivity index (χ4n) is 2.72. The van der Waals surface area contributed by atoms with Crippen LogP contribution in [0.5, 0.6) is 11.9 Å². The molecule has 2 heterocycles. The van der Waals surface area contributed by atoms with E-state index in [0.29, 0.717) is 24.6 Å². The molecule has 1 saturated carbocycles. The summed E-state index contributed by atoms with van der Waals surface area (Å²) in [5.74, 6) is 0.632. The lowest BCUT2D eigenvalue weighted by molar-refractivity contribution is 0.138. The molecule has 2 aromatic rings. The highest BCUT2D eigenvalue weighted by atomic mass is 16.5. The lowest BCUT2D eigenvalue weighted by Crippen LogP contribution is -2.21. The van der Waals surface area contributed by atoms with Gasteiger partial charge in [0.1, 0.15) is 11.6 Å². The van der Waals surface area contributed by atoms with Gasteiger partial charge >= 0.3 is 0 Å². The third kappa shape index (κ3) is 2.57. The Hall–Kier alpha value is -1.78. The Kier molecular flexibility index (Phi) is 3.76. The van der Waals surface area contributed by atoms with Crippen LogP contribution in [0, 0.1) is 0 Å². The van der Waals surface area contributed by atoms with Crippen LogP contribution in [0.3, 0.4) is 0 Å². The average molecular weight is 275 g/mol. The summed E-state index contributed by atoms with van der Waals surface area (Å²) in [5, 5.41) is 0. The highest BCUT2D eigenvalue weighted by Crippen LogP contribution is 2.26. The number of imidazole rings is 1. The molecule has 20 heavy (non-hydrogen) atoms. The standard InChI is InChI=1S/C15H21N3O2/c1-3-19-14-9-13-12(10-16-14)17-15(18(13)2)20-11-7-5-4-6-8-11/h9-11H,3-8H2,1-2H3. The van der Waals surface area contributed by atoms with E-state index in [1.807, 2.05) is 24.6 Å². The molecule has 5 heteroatoms. The normalized spacial score (nSPS) is 16.5. The van der Waals surface area contributed by atoms with Gasteiger partial charge in [0.15, 0.2) is 0 Å². The van der Waals surface area contributed by atoms with E-state index < -0.39 is 0 Å². The molecule has 0 bridgehead atoms. The minimum absolute atomic E-state index is 0.304. The third-order valence-corrected chi connectivity index (χ3v) is 3.82. The predicted octanol–water partition coefficient (Wildman–Crippen LogP) is 3.08. The van der Waals surface area contributed by atoms with Gasteiger partial charge in [0.2, 0.25) is 5.88 Å². The van der Waals surface area contributed by atoms with Gasteiger partial charge < -0.3 is 9.47 Å². The van der Waals surface area contributed by atoms with E-state index >= 15 is 0 Å². The van der Waals surface area contributed by atoms with Crippen LogP contribution in [0.1, 0.15) is 39.0 Å². The molecule has 2 aromatic heterocycles. The van der Waals surface area contributed by atoms with Gasteiger partial charge in [-0.15, -0.1) is 0 Å². The highest BCUT2D eigenvalue weighted by Gasteiger charge is 2.18. The summed E-state index contributed by atoms with van der Waals surface area (Å²) in [6.07, 6.45) is 8.14. The Morgan fingerprint density at radius 2 is 2.10 bits per heavy atom. The molecule has 0 atom stereocenters. The largest absolute Gasteiger partial charge is 0.478 e.